The van der Waals surface area contributed by atoms with Gasteiger partial charge in [-0.05, 0) is 47.7 Å². The fourth-order valence-corrected chi connectivity index (χ4v) is 5.80. The lowest BCUT2D eigenvalue weighted by Crippen LogP contribution is -2.56. The van der Waals surface area contributed by atoms with Crippen molar-refractivity contribution < 1.29 is 56.5 Å². The van der Waals surface area contributed by atoms with Crippen LogP contribution in [0.4, 0.5) is 18.0 Å². The van der Waals surface area contributed by atoms with Crippen LogP contribution in [0.3, 0.4) is 0 Å². The van der Waals surface area contributed by atoms with Crippen molar-refractivity contribution in [3.8, 4) is 5.75 Å². The average molecular weight is 848 g/mol. The number of carboxylic acid groups (broad SMARTS) is 1. The van der Waals surface area contributed by atoms with E-state index in [1.807, 2.05) is 30.3 Å². The molecule has 0 fully saturated rings. The maximum absolute atomic E-state index is 13.6. The van der Waals surface area contributed by atoms with Crippen LogP contribution in [0.2, 0.25) is 0 Å². The second-order valence-electron chi connectivity index (χ2n) is 14.2. The van der Waals surface area contributed by atoms with Gasteiger partial charge in [0.15, 0.2) is 0 Å². The molecular weight excluding hydrogens is 800 g/mol. The lowest BCUT2D eigenvalue weighted by molar-refractivity contribution is -0.175. The summed E-state index contributed by atoms with van der Waals surface area (Å²) in [4.78, 5) is 77.6. The van der Waals surface area contributed by atoms with E-state index in [2.05, 4.69) is 26.6 Å². The number of hydrogen-bond donors (Lipinski definition) is 6. The molecule has 4 rings (SSSR count). The number of aliphatic carboxylic acids is 1. The smallest absolute Gasteiger partial charge is 0.408 e. The van der Waals surface area contributed by atoms with Gasteiger partial charge in [-0.15, -0.1) is 0 Å². The van der Waals surface area contributed by atoms with E-state index in [9.17, 15) is 47.0 Å². The number of carboxylic acids is 1. The Labute approximate surface area is 350 Å². The third-order valence-corrected chi connectivity index (χ3v) is 9.31. The molecule has 5 amide bonds. The molecule has 4 aromatic rings. The average Bonchev–Trinajstić information content (AvgIpc) is 3.24. The number of benzene rings is 4. The molecule has 17 heteroatoms. The summed E-state index contributed by atoms with van der Waals surface area (Å²) in [7, 11) is 0. The van der Waals surface area contributed by atoms with Crippen molar-refractivity contribution in [2.24, 2.45) is 5.92 Å². The van der Waals surface area contributed by atoms with Gasteiger partial charge in [-0.2, -0.15) is 13.2 Å². The summed E-state index contributed by atoms with van der Waals surface area (Å²) in [5.41, 5.74) is 2.87. The number of carbonyl (C=O) groups is 6. The standard InChI is InChI=1S/C44H48F3N5O9/c1-28(44(45,46)47)22-37(42(57)58)51-41(56)35(23-30-12-6-3-7-13-30)50-38(53)25-48-39(54)29(2)49-40(55)36(52-43(59)61-27-33-16-10-5-11-17-33)24-31-18-20-34(21-19-31)60-26-32-14-8-4-9-15-32/h3-21,28-29,35-37H,22-27H2,1-2H3,(H,48,54)(H,49,55)(H,50,53)(H,51,56)(H,52,59)(H,57,58)/t28-,29-,35+,36+,37+/m1/s1. The molecule has 324 valence electrons. The Morgan fingerprint density at radius 2 is 1.08 bits per heavy atom. The highest BCUT2D eigenvalue weighted by atomic mass is 19.4. The van der Waals surface area contributed by atoms with Gasteiger partial charge in [0.2, 0.25) is 23.6 Å². The van der Waals surface area contributed by atoms with Crippen LogP contribution in [0.15, 0.2) is 115 Å². The Balaban J connectivity index is 1.37. The van der Waals surface area contributed by atoms with E-state index in [-0.39, 0.29) is 19.4 Å². The minimum Gasteiger partial charge on any atom is -0.489 e. The second kappa shape index (κ2) is 23.0. The number of alkyl halides is 3. The zero-order chi connectivity index (χ0) is 44.4. The highest BCUT2D eigenvalue weighted by Crippen LogP contribution is 2.29. The van der Waals surface area contributed by atoms with Crippen LogP contribution >= 0.6 is 0 Å². The third-order valence-electron chi connectivity index (χ3n) is 9.31. The number of halogens is 3. The topological polar surface area (TPSA) is 201 Å². The number of alkyl carbamates (subject to hydrolysis) is 1. The van der Waals surface area contributed by atoms with Crippen LogP contribution in [0, 0.1) is 5.92 Å². The molecule has 0 saturated heterocycles. The van der Waals surface area contributed by atoms with E-state index >= 15 is 0 Å². The first kappa shape index (κ1) is 46.8. The fraction of sp³-hybridized carbons (Fsp3) is 0.318. The van der Waals surface area contributed by atoms with Crippen LogP contribution in [-0.4, -0.2) is 77.7 Å². The molecule has 61 heavy (non-hydrogen) atoms. The van der Waals surface area contributed by atoms with Crippen molar-refractivity contribution in [3.05, 3.63) is 138 Å². The predicted octanol–water partition coefficient (Wildman–Crippen LogP) is 4.61. The number of nitrogens with one attached hydrogen (secondary N) is 5. The molecule has 0 unspecified atom stereocenters. The van der Waals surface area contributed by atoms with E-state index < -0.39 is 84.9 Å². The van der Waals surface area contributed by atoms with Gasteiger partial charge in [-0.25, -0.2) is 9.59 Å². The number of amides is 5. The molecule has 0 aliphatic heterocycles. The second-order valence-corrected chi connectivity index (χ2v) is 14.2. The van der Waals surface area contributed by atoms with Gasteiger partial charge in [0.05, 0.1) is 12.5 Å². The molecule has 0 heterocycles. The van der Waals surface area contributed by atoms with Crippen molar-refractivity contribution in [2.45, 2.75) is 76.7 Å². The highest BCUT2D eigenvalue weighted by molar-refractivity contribution is 5.94. The summed E-state index contributed by atoms with van der Waals surface area (Å²) in [5, 5.41) is 21.5. The molecule has 0 bridgehead atoms. The first-order valence-electron chi connectivity index (χ1n) is 19.3. The SMILES string of the molecule is C[C@H](C[C@H](NC(=O)[C@H](Cc1ccccc1)NC(=O)CNC(=O)[C@@H](C)NC(=O)[C@H](Cc1ccc(OCc2ccccc2)cc1)NC(=O)OCc1ccccc1)C(=O)O)C(F)(F)F. The Hall–Kier alpha value is -6.91. The van der Waals surface area contributed by atoms with Crippen molar-refractivity contribution in [2.75, 3.05) is 6.54 Å². The fourth-order valence-electron chi connectivity index (χ4n) is 5.80. The lowest BCUT2D eigenvalue weighted by Gasteiger charge is -2.24. The largest absolute Gasteiger partial charge is 0.489 e. The van der Waals surface area contributed by atoms with Crippen molar-refractivity contribution in [1.82, 2.24) is 26.6 Å². The van der Waals surface area contributed by atoms with E-state index in [4.69, 9.17) is 9.47 Å². The van der Waals surface area contributed by atoms with Crippen LogP contribution < -0.4 is 31.3 Å². The summed E-state index contributed by atoms with van der Waals surface area (Å²) in [6, 6.07) is 27.8. The predicted molar refractivity (Wildman–Crippen MR) is 217 cm³/mol. The monoisotopic (exact) mass is 847 g/mol. The van der Waals surface area contributed by atoms with Gasteiger partial charge in [-0.1, -0.05) is 110 Å². The minimum absolute atomic E-state index is 0.00923. The molecule has 4 aromatic carbocycles. The van der Waals surface area contributed by atoms with Gasteiger partial charge in [0.25, 0.3) is 0 Å². The van der Waals surface area contributed by atoms with Crippen molar-refractivity contribution in [3.63, 3.8) is 0 Å². The maximum Gasteiger partial charge on any atom is 0.408 e. The molecule has 14 nitrogen and oxygen atoms in total. The highest BCUT2D eigenvalue weighted by Gasteiger charge is 2.39. The Morgan fingerprint density at radius 3 is 1.62 bits per heavy atom. The minimum atomic E-state index is -4.71. The van der Waals surface area contributed by atoms with E-state index in [1.54, 1.807) is 84.9 Å². The molecule has 6 N–H and O–H groups in total. The Kier molecular flexibility index (Phi) is 17.7. The third kappa shape index (κ3) is 16.3. The van der Waals surface area contributed by atoms with E-state index in [0.717, 1.165) is 12.5 Å². The normalized spacial score (nSPS) is 13.5. The quantitative estimate of drug-likeness (QED) is 0.0693. The number of hydrogen-bond acceptors (Lipinski definition) is 8. The summed E-state index contributed by atoms with van der Waals surface area (Å²) in [6.07, 6.45) is -6.71. The van der Waals surface area contributed by atoms with E-state index in [1.165, 1.54) is 6.92 Å². The van der Waals surface area contributed by atoms with Gasteiger partial charge >= 0.3 is 18.2 Å². The van der Waals surface area contributed by atoms with Crippen molar-refractivity contribution >= 4 is 35.7 Å². The Bertz CT molecular complexity index is 2060. The molecule has 5 atom stereocenters. The van der Waals surface area contributed by atoms with Crippen LogP contribution in [0.5, 0.6) is 5.75 Å². The van der Waals surface area contributed by atoms with Gasteiger partial charge in [0, 0.05) is 12.8 Å². The lowest BCUT2D eigenvalue weighted by atomic mass is 10.00. The molecule has 0 aliphatic carbocycles. The number of carbonyl (C=O) groups excluding carboxylic acids is 5. The molecule has 0 aromatic heterocycles. The van der Waals surface area contributed by atoms with Gasteiger partial charge < -0.3 is 41.2 Å². The van der Waals surface area contributed by atoms with Gasteiger partial charge in [-0.3, -0.25) is 19.2 Å². The van der Waals surface area contributed by atoms with Crippen LogP contribution in [0.25, 0.3) is 0 Å². The zero-order valence-corrected chi connectivity index (χ0v) is 33.4. The first-order valence-corrected chi connectivity index (χ1v) is 19.3. The summed E-state index contributed by atoms with van der Waals surface area (Å²) in [5.74, 6) is -6.68. The molecule has 0 spiro atoms. The van der Waals surface area contributed by atoms with Crippen LogP contribution in [-0.2, 0) is 54.8 Å². The summed E-state index contributed by atoms with van der Waals surface area (Å²) >= 11 is 0. The summed E-state index contributed by atoms with van der Waals surface area (Å²) < 4.78 is 50.8. The molecule has 0 radical (unpaired) electrons. The Morgan fingerprint density at radius 1 is 0.590 bits per heavy atom. The first-order chi connectivity index (χ1) is 29.1. The number of rotatable bonds is 21. The van der Waals surface area contributed by atoms with E-state index in [0.29, 0.717) is 29.0 Å². The van der Waals surface area contributed by atoms with Crippen molar-refractivity contribution in [1.29, 1.82) is 0 Å². The zero-order valence-electron chi connectivity index (χ0n) is 33.4. The van der Waals surface area contributed by atoms with Gasteiger partial charge in [0.1, 0.15) is 43.1 Å². The molecule has 0 aliphatic rings. The van der Waals surface area contributed by atoms with Crippen LogP contribution in [0.1, 0.15) is 42.5 Å². The summed E-state index contributed by atoms with van der Waals surface area (Å²) in [6.45, 7) is 1.70. The molecular formula is C44H48F3N5O9. The molecule has 0 saturated carbocycles. The maximum atomic E-state index is 13.6. The number of ether oxygens (including phenoxy) is 2.